The first-order valence-corrected chi connectivity index (χ1v) is 4.68. The molecular formula is C10H18N2O. The summed E-state index contributed by atoms with van der Waals surface area (Å²) in [5.41, 5.74) is 0.776. The average Bonchev–Trinajstić information content (AvgIpc) is 2.49. The molecule has 0 spiro atoms. The number of amides is 1. The lowest BCUT2D eigenvalue weighted by atomic mass is 9.89. The smallest absolute Gasteiger partial charge is 0.227 e. The van der Waals surface area contributed by atoms with E-state index in [0.29, 0.717) is 6.54 Å². The SMILES string of the molecule is C=C(C)CNC(=O)C1(C)CCNC1. The fourth-order valence-corrected chi connectivity index (χ4v) is 1.46. The molecule has 1 heterocycles. The van der Waals surface area contributed by atoms with E-state index in [2.05, 4.69) is 17.2 Å². The summed E-state index contributed by atoms with van der Waals surface area (Å²) in [5, 5.41) is 6.08. The highest BCUT2D eigenvalue weighted by molar-refractivity contribution is 5.83. The standard InChI is InChI=1S/C10H18N2O/c1-8(2)6-12-9(13)10(3)4-5-11-7-10/h11H,1,4-7H2,2-3H3,(H,12,13). The van der Waals surface area contributed by atoms with E-state index in [9.17, 15) is 4.79 Å². The maximum absolute atomic E-state index is 11.7. The van der Waals surface area contributed by atoms with Gasteiger partial charge in [-0.05, 0) is 26.8 Å². The lowest BCUT2D eigenvalue weighted by molar-refractivity contribution is -0.129. The molecule has 1 unspecified atom stereocenters. The molecule has 1 aliphatic rings. The summed E-state index contributed by atoms with van der Waals surface area (Å²) in [6.07, 6.45) is 0.926. The third kappa shape index (κ3) is 2.56. The van der Waals surface area contributed by atoms with Crippen molar-refractivity contribution in [1.29, 1.82) is 0 Å². The monoisotopic (exact) mass is 182 g/mol. The minimum atomic E-state index is -0.213. The Hall–Kier alpha value is -0.830. The summed E-state index contributed by atoms with van der Waals surface area (Å²) >= 11 is 0. The Morgan fingerprint density at radius 3 is 2.85 bits per heavy atom. The Kier molecular flexibility index (Phi) is 3.09. The first-order chi connectivity index (χ1) is 6.04. The van der Waals surface area contributed by atoms with Crippen molar-refractivity contribution < 1.29 is 4.79 Å². The summed E-state index contributed by atoms with van der Waals surface area (Å²) in [6, 6.07) is 0. The number of hydrogen-bond acceptors (Lipinski definition) is 2. The van der Waals surface area contributed by atoms with Crippen LogP contribution in [0.2, 0.25) is 0 Å². The van der Waals surface area contributed by atoms with Crippen molar-refractivity contribution in [2.75, 3.05) is 19.6 Å². The minimum Gasteiger partial charge on any atom is -0.352 e. The second kappa shape index (κ2) is 3.92. The zero-order chi connectivity index (χ0) is 9.90. The molecule has 74 valence electrons. The zero-order valence-corrected chi connectivity index (χ0v) is 8.44. The lowest BCUT2D eigenvalue weighted by Crippen LogP contribution is -2.40. The second-order valence-electron chi connectivity index (χ2n) is 4.13. The molecule has 0 aliphatic carbocycles. The molecule has 0 saturated carbocycles. The molecule has 0 radical (unpaired) electrons. The van der Waals surface area contributed by atoms with E-state index in [-0.39, 0.29) is 11.3 Å². The van der Waals surface area contributed by atoms with E-state index >= 15 is 0 Å². The molecule has 2 N–H and O–H groups in total. The summed E-state index contributed by atoms with van der Waals surface area (Å²) < 4.78 is 0. The maximum atomic E-state index is 11.7. The van der Waals surface area contributed by atoms with Crippen molar-refractivity contribution in [3.05, 3.63) is 12.2 Å². The normalized spacial score (nSPS) is 27.2. The first kappa shape index (κ1) is 10.3. The zero-order valence-electron chi connectivity index (χ0n) is 8.44. The van der Waals surface area contributed by atoms with Crippen LogP contribution in [0, 0.1) is 5.41 Å². The fraction of sp³-hybridized carbons (Fsp3) is 0.700. The molecule has 13 heavy (non-hydrogen) atoms. The third-order valence-corrected chi connectivity index (χ3v) is 2.47. The molecule has 1 aliphatic heterocycles. The van der Waals surface area contributed by atoms with E-state index in [1.807, 2.05) is 13.8 Å². The van der Waals surface area contributed by atoms with Gasteiger partial charge in [-0.2, -0.15) is 0 Å². The average molecular weight is 182 g/mol. The van der Waals surface area contributed by atoms with Gasteiger partial charge in [0.15, 0.2) is 0 Å². The van der Waals surface area contributed by atoms with Crippen LogP contribution in [0.1, 0.15) is 20.3 Å². The van der Waals surface area contributed by atoms with Crippen LogP contribution in [0.15, 0.2) is 12.2 Å². The van der Waals surface area contributed by atoms with Gasteiger partial charge < -0.3 is 10.6 Å². The van der Waals surface area contributed by atoms with Gasteiger partial charge in [0.05, 0.1) is 5.41 Å². The Balaban J connectivity index is 2.42. The Labute approximate surface area is 79.6 Å². The van der Waals surface area contributed by atoms with E-state index in [0.717, 1.165) is 25.1 Å². The third-order valence-electron chi connectivity index (χ3n) is 2.47. The molecule has 0 aromatic heterocycles. The van der Waals surface area contributed by atoms with Gasteiger partial charge in [0, 0.05) is 13.1 Å². The molecule has 0 aromatic carbocycles. The van der Waals surface area contributed by atoms with Crippen LogP contribution in [0.5, 0.6) is 0 Å². The van der Waals surface area contributed by atoms with Crippen LogP contribution in [0.25, 0.3) is 0 Å². The molecule has 3 heteroatoms. The van der Waals surface area contributed by atoms with Crippen LogP contribution in [0.3, 0.4) is 0 Å². The van der Waals surface area contributed by atoms with Crippen molar-refractivity contribution in [2.24, 2.45) is 5.41 Å². The topological polar surface area (TPSA) is 41.1 Å². The summed E-state index contributed by atoms with van der Waals surface area (Å²) in [5.74, 6) is 0.139. The number of carbonyl (C=O) groups is 1. The fourth-order valence-electron chi connectivity index (χ4n) is 1.46. The van der Waals surface area contributed by atoms with E-state index < -0.39 is 0 Å². The predicted octanol–water partition coefficient (Wildman–Crippen LogP) is 0.678. The highest BCUT2D eigenvalue weighted by Gasteiger charge is 2.35. The molecule has 0 aromatic rings. The van der Waals surface area contributed by atoms with Gasteiger partial charge in [0.1, 0.15) is 0 Å². The Morgan fingerprint density at radius 1 is 1.69 bits per heavy atom. The van der Waals surface area contributed by atoms with E-state index in [1.165, 1.54) is 0 Å². The number of nitrogens with one attached hydrogen (secondary N) is 2. The highest BCUT2D eigenvalue weighted by Crippen LogP contribution is 2.24. The second-order valence-corrected chi connectivity index (χ2v) is 4.13. The van der Waals surface area contributed by atoms with Crippen LogP contribution >= 0.6 is 0 Å². The lowest BCUT2D eigenvalue weighted by Gasteiger charge is -2.21. The molecule has 1 saturated heterocycles. The van der Waals surface area contributed by atoms with Gasteiger partial charge in [0.25, 0.3) is 0 Å². The van der Waals surface area contributed by atoms with Crippen LogP contribution in [0.4, 0.5) is 0 Å². The van der Waals surface area contributed by atoms with Crippen molar-refractivity contribution >= 4 is 5.91 Å². The van der Waals surface area contributed by atoms with Gasteiger partial charge in [-0.3, -0.25) is 4.79 Å². The Bertz CT molecular complexity index is 217. The molecule has 1 rings (SSSR count). The molecule has 1 amide bonds. The largest absolute Gasteiger partial charge is 0.352 e. The predicted molar refractivity (Wildman–Crippen MR) is 53.4 cm³/mol. The maximum Gasteiger partial charge on any atom is 0.227 e. The van der Waals surface area contributed by atoms with Gasteiger partial charge in [0.2, 0.25) is 5.91 Å². The van der Waals surface area contributed by atoms with Crippen molar-refractivity contribution in [3.8, 4) is 0 Å². The summed E-state index contributed by atoms with van der Waals surface area (Å²) in [6.45, 7) is 9.98. The summed E-state index contributed by atoms with van der Waals surface area (Å²) in [4.78, 5) is 11.7. The van der Waals surface area contributed by atoms with Crippen LogP contribution in [-0.2, 0) is 4.79 Å². The van der Waals surface area contributed by atoms with E-state index in [4.69, 9.17) is 0 Å². The summed E-state index contributed by atoms with van der Waals surface area (Å²) in [7, 11) is 0. The number of hydrogen-bond donors (Lipinski definition) is 2. The van der Waals surface area contributed by atoms with Gasteiger partial charge in [-0.25, -0.2) is 0 Å². The minimum absolute atomic E-state index is 0.139. The quantitative estimate of drug-likeness (QED) is 0.630. The molecule has 3 nitrogen and oxygen atoms in total. The number of rotatable bonds is 3. The van der Waals surface area contributed by atoms with Crippen molar-refractivity contribution in [2.45, 2.75) is 20.3 Å². The highest BCUT2D eigenvalue weighted by atomic mass is 16.2. The van der Waals surface area contributed by atoms with Crippen molar-refractivity contribution in [3.63, 3.8) is 0 Å². The van der Waals surface area contributed by atoms with Gasteiger partial charge in [-0.1, -0.05) is 12.2 Å². The molecule has 0 bridgehead atoms. The van der Waals surface area contributed by atoms with Crippen molar-refractivity contribution in [1.82, 2.24) is 10.6 Å². The van der Waals surface area contributed by atoms with Gasteiger partial charge >= 0.3 is 0 Å². The first-order valence-electron chi connectivity index (χ1n) is 4.68. The van der Waals surface area contributed by atoms with Crippen LogP contribution in [-0.4, -0.2) is 25.5 Å². The van der Waals surface area contributed by atoms with Gasteiger partial charge in [-0.15, -0.1) is 0 Å². The van der Waals surface area contributed by atoms with E-state index in [1.54, 1.807) is 0 Å². The number of carbonyl (C=O) groups excluding carboxylic acids is 1. The molecular weight excluding hydrogens is 164 g/mol. The molecule has 1 fully saturated rings. The Morgan fingerprint density at radius 2 is 2.38 bits per heavy atom. The molecule has 1 atom stereocenters. The van der Waals surface area contributed by atoms with Crippen LogP contribution < -0.4 is 10.6 Å².